The fourth-order valence-electron chi connectivity index (χ4n) is 4.45. The van der Waals surface area contributed by atoms with Crippen LogP contribution in [0, 0.1) is 0 Å². The lowest BCUT2D eigenvalue weighted by Gasteiger charge is -2.29. The lowest BCUT2D eigenvalue weighted by atomic mass is 9.91. The molecule has 1 aliphatic carbocycles. The van der Waals surface area contributed by atoms with Gasteiger partial charge in [0.15, 0.2) is 0 Å². The first-order valence-electron chi connectivity index (χ1n) is 11.2. The average molecular weight is 495 g/mol. The Morgan fingerprint density at radius 3 is 2.65 bits per heavy atom. The van der Waals surface area contributed by atoms with Gasteiger partial charge in [-0.25, -0.2) is 9.97 Å². The quantitative estimate of drug-likeness (QED) is 0.246. The van der Waals surface area contributed by atoms with Crippen molar-refractivity contribution in [3.8, 4) is 11.3 Å². The molecule has 0 saturated heterocycles. The van der Waals surface area contributed by atoms with Gasteiger partial charge < -0.3 is 15.6 Å². The van der Waals surface area contributed by atoms with E-state index in [1.165, 1.54) is 0 Å². The smallest absolute Gasteiger partial charge is 0.251 e. The Labute approximate surface area is 207 Å². The van der Waals surface area contributed by atoms with Crippen molar-refractivity contribution in [2.45, 2.75) is 37.8 Å². The molecule has 34 heavy (non-hydrogen) atoms. The number of hydrogen-bond donors (Lipinski definition) is 4. The predicted octanol–water partition coefficient (Wildman–Crippen LogP) is 6.00. The Bertz CT molecular complexity index is 1320. The molecule has 2 aromatic heterocycles. The lowest BCUT2D eigenvalue weighted by Crippen LogP contribution is -2.40. The summed E-state index contributed by atoms with van der Waals surface area (Å²) >= 11 is 12.1. The van der Waals surface area contributed by atoms with Crippen molar-refractivity contribution >= 4 is 51.8 Å². The van der Waals surface area contributed by atoms with Gasteiger partial charge in [-0.1, -0.05) is 35.9 Å². The molecule has 0 bridgehead atoms. The summed E-state index contributed by atoms with van der Waals surface area (Å²) in [6.45, 7) is 0. The van der Waals surface area contributed by atoms with Gasteiger partial charge >= 0.3 is 0 Å². The molecule has 4 N–H and O–H groups in total. The normalized spacial score (nSPS) is 17.9. The van der Waals surface area contributed by atoms with Crippen molar-refractivity contribution in [3.05, 3.63) is 71.5 Å². The predicted molar refractivity (Wildman–Crippen MR) is 137 cm³/mol. The van der Waals surface area contributed by atoms with E-state index in [0.29, 0.717) is 27.9 Å². The number of carbonyl (C=O) groups excluding carboxylic acids is 1. The fourth-order valence-corrected chi connectivity index (χ4v) is 4.76. The molecule has 174 valence electrons. The molecular weight excluding hydrogens is 471 g/mol. The third-order valence-corrected chi connectivity index (χ3v) is 6.71. The number of amides is 1. The maximum Gasteiger partial charge on any atom is 0.251 e. The van der Waals surface area contributed by atoms with Crippen molar-refractivity contribution in [2.75, 3.05) is 10.2 Å². The highest BCUT2D eigenvalue weighted by molar-refractivity contribution is 6.33. The van der Waals surface area contributed by atoms with Gasteiger partial charge in [-0.15, -0.1) is 0 Å². The summed E-state index contributed by atoms with van der Waals surface area (Å²) < 4.78 is 0. The minimum absolute atomic E-state index is 0.0884. The number of para-hydroxylation sites is 1. The van der Waals surface area contributed by atoms with Crippen LogP contribution < -0.4 is 15.5 Å². The molecule has 5 rings (SSSR count). The van der Waals surface area contributed by atoms with Crippen molar-refractivity contribution < 1.29 is 4.79 Å². The molecule has 9 heteroatoms. The molecule has 0 radical (unpaired) electrons. The van der Waals surface area contributed by atoms with E-state index in [9.17, 15) is 4.79 Å². The first-order valence-corrected chi connectivity index (χ1v) is 12.0. The molecule has 1 amide bonds. The number of anilines is 2. The number of nitrogens with zero attached hydrogens (tertiary/aromatic N) is 2. The fraction of sp³-hybridized carbons (Fsp3) is 0.240. The Morgan fingerprint density at radius 1 is 1.03 bits per heavy atom. The van der Waals surface area contributed by atoms with Crippen molar-refractivity contribution in [3.63, 3.8) is 0 Å². The molecular formula is C25H24Cl2N6O. The lowest BCUT2D eigenvalue weighted by molar-refractivity contribution is 0.0926. The number of benzene rings is 2. The minimum atomic E-state index is -0.0884. The highest BCUT2D eigenvalue weighted by Crippen LogP contribution is 2.32. The minimum Gasteiger partial charge on any atom is -0.360 e. The van der Waals surface area contributed by atoms with Crippen LogP contribution >= 0.6 is 23.4 Å². The van der Waals surface area contributed by atoms with Crippen LogP contribution in [-0.4, -0.2) is 32.9 Å². The number of hydrogen-bond acceptors (Lipinski definition) is 5. The summed E-state index contributed by atoms with van der Waals surface area (Å²) in [6, 6.07) is 15.5. The van der Waals surface area contributed by atoms with Gasteiger partial charge in [0.1, 0.15) is 0 Å². The molecule has 2 heterocycles. The van der Waals surface area contributed by atoms with E-state index >= 15 is 0 Å². The molecule has 2 aromatic carbocycles. The van der Waals surface area contributed by atoms with E-state index in [0.717, 1.165) is 42.1 Å². The number of fused-ring (bicyclic) bond motifs is 1. The van der Waals surface area contributed by atoms with Gasteiger partial charge in [0.2, 0.25) is 5.95 Å². The highest BCUT2D eigenvalue weighted by Gasteiger charge is 2.24. The first kappa shape index (κ1) is 22.5. The van der Waals surface area contributed by atoms with Crippen LogP contribution in [0.4, 0.5) is 11.6 Å². The Hall–Kier alpha value is -3.29. The summed E-state index contributed by atoms with van der Waals surface area (Å²) in [5.74, 6) is 0.470. The zero-order chi connectivity index (χ0) is 23.5. The highest BCUT2D eigenvalue weighted by atomic mass is 35.5. The van der Waals surface area contributed by atoms with E-state index in [-0.39, 0.29) is 18.0 Å². The van der Waals surface area contributed by atoms with E-state index < -0.39 is 0 Å². The topological polar surface area (TPSA) is 94.7 Å². The number of aromatic nitrogens is 3. The molecule has 4 aromatic rings. The molecule has 7 nitrogen and oxygen atoms in total. The molecule has 0 unspecified atom stereocenters. The summed E-state index contributed by atoms with van der Waals surface area (Å²) in [6.07, 6.45) is 7.13. The van der Waals surface area contributed by atoms with Crippen LogP contribution in [0.5, 0.6) is 0 Å². The molecule has 0 atom stereocenters. The Morgan fingerprint density at radius 2 is 1.82 bits per heavy atom. The summed E-state index contributed by atoms with van der Waals surface area (Å²) in [7, 11) is 0. The summed E-state index contributed by atoms with van der Waals surface area (Å²) in [5, 5.41) is 8.16. The molecule has 1 aliphatic rings. The zero-order valence-electron chi connectivity index (χ0n) is 18.3. The third kappa shape index (κ3) is 4.81. The molecule has 0 aliphatic heterocycles. The summed E-state index contributed by atoms with van der Waals surface area (Å²) in [5.41, 5.74) is 3.97. The van der Waals surface area contributed by atoms with Crippen molar-refractivity contribution in [1.29, 1.82) is 0 Å². The van der Waals surface area contributed by atoms with Crippen LogP contribution in [0.1, 0.15) is 36.0 Å². The van der Waals surface area contributed by atoms with E-state index in [1.54, 1.807) is 24.4 Å². The van der Waals surface area contributed by atoms with E-state index in [1.807, 2.05) is 36.5 Å². The monoisotopic (exact) mass is 494 g/mol. The van der Waals surface area contributed by atoms with Crippen LogP contribution in [0.2, 0.25) is 5.02 Å². The number of nitrogens with one attached hydrogen (secondary N) is 4. The van der Waals surface area contributed by atoms with Crippen LogP contribution in [-0.2, 0) is 0 Å². The summed E-state index contributed by atoms with van der Waals surface area (Å²) in [4.78, 5) is 27.5. The number of aromatic amines is 1. The standard InChI is InChI=1S/C25H24Cl2N6O/c26-21-14-29-25(32-23(21)20-13-28-22-7-2-1-6-19(20)22)31-17-10-8-16(9-11-17)30-24(34)15-4-3-5-18(12-15)33-27/h1-7,12-14,16-17,28,33H,8-11H2,(H,30,34)(H,29,31,32)/t16-,17-. The van der Waals surface area contributed by atoms with E-state index in [4.69, 9.17) is 28.4 Å². The molecule has 1 fully saturated rings. The second kappa shape index (κ2) is 9.91. The van der Waals surface area contributed by atoms with E-state index in [2.05, 4.69) is 25.4 Å². The van der Waals surface area contributed by atoms with Crippen molar-refractivity contribution in [2.24, 2.45) is 0 Å². The van der Waals surface area contributed by atoms with Gasteiger partial charge in [0, 0.05) is 57.8 Å². The zero-order valence-corrected chi connectivity index (χ0v) is 19.8. The van der Waals surface area contributed by atoms with Crippen LogP contribution in [0.15, 0.2) is 60.9 Å². The second-order valence-corrected chi connectivity index (χ2v) is 9.08. The van der Waals surface area contributed by atoms with Crippen molar-refractivity contribution in [1.82, 2.24) is 20.3 Å². The maximum atomic E-state index is 12.6. The SMILES string of the molecule is O=C(N[C@H]1CC[C@H](Nc2ncc(Cl)c(-c3c[nH]c4ccccc34)n2)CC1)c1cccc(NCl)c1. The number of rotatable bonds is 6. The van der Waals surface area contributed by atoms with Gasteiger partial charge in [-0.05, 0) is 49.9 Å². The Balaban J connectivity index is 1.21. The number of halogens is 2. The largest absolute Gasteiger partial charge is 0.360 e. The van der Waals surface area contributed by atoms with Gasteiger partial charge in [-0.2, -0.15) is 0 Å². The number of H-pyrrole nitrogens is 1. The molecule has 0 spiro atoms. The maximum absolute atomic E-state index is 12.6. The molecule has 1 saturated carbocycles. The second-order valence-electron chi connectivity index (χ2n) is 8.48. The Kier molecular flexibility index (Phi) is 6.56. The van der Waals surface area contributed by atoms with Crippen LogP contribution in [0.25, 0.3) is 22.2 Å². The van der Waals surface area contributed by atoms with Gasteiger partial charge in [0.25, 0.3) is 5.91 Å². The first-order chi connectivity index (χ1) is 16.6. The van der Waals surface area contributed by atoms with Crippen LogP contribution in [0.3, 0.4) is 0 Å². The van der Waals surface area contributed by atoms with Gasteiger partial charge in [-0.3, -0.25) is 9.63 Å². The number of carbonyl (C=O) groups is 1. The average Bonchev–Trinajstić information content (AvgIpc) is 3.30. The third-order valence-electron chi connectivity index (χ3n) is 6.22. The van der Waals surface area contributed by atoms with Gasteiger partial charge in [0.05, 0.1) is 16.9 Å².